The highest BCUT2D eigenvalue weighted by atomic mass is 79.9. The Morgan fingerprint density at radius 2 is 2.05 bits per heavy atom. The van der Waals surface area contributed by atoms with Gasteiger partial charge in [0.25, 0.3) is 0 Å². The van der Waals surface area contributed by atoms with Gasteiger partial charge in [0.05, 0.1) is 16.2 Å². The maximum Gasteiger partial charge on any atom is 0.138 e. The molecule has 1 aromatic carbocycles. The fraction of sp³-hybridized carbons (Fsp3) is 0.600. The van der Waals surface area contributed by atoms with Crippen molar-refractivity contribution in [3.8, 4) is 5.75 Å². The van der Waals surface area contributed by atoms with E-state index in [1.807, 2.05) is 30.1 Å². The molecular weight excluding hydrogens is 322 g/mol. The van der Waals surface area contributed by atoms with Crippen molar-refractivity contribution < 1.29 is 14.9 Å². The van der Waals surface area contributed by atoms with Crippen LogP contribution in [0.15, 0.2) is 22.7 Å². The number of benzene rings is 1. The lowest BCUT2D eigenvalue weighted by molar-refractivity contribution is 0.0276. The van der Waals surface area contributed by atoms with Gasteiger partial charge in [-0.2, -0.15) is 0 Å². The van der Waals surface area contributed by atoms with Gasteiger partial charge in [0.2, 0.25) is 0 Å². The van der Waals surface area contributed by atoms with Gasteiger partial charge in [-0.05, 0) is 49.8 Å². The molecule has 0 saturated carbocycles. The molecule has 0 aromatic heterocycles. The van der Waals surface area contributed by atoms with Gasteiger partial charge in [-0.25, -0.2) is 0 Å². The summed E-state index contributed by atoms with van der Waals surface area (Å²) in [5.74, 6) is 0.743. The molecule has 0 spiro atoms. The number of nitrogens with zero attached hydrogens (tertiary/aromatic N) is 1. The molecule has 1 aromatic rings. The molecule has 114 valence electrons. The molecule has 0 fully saturated rings. The van der Waals surface area contributed by atoms with Crippen LogP contribution in [0.5, 0.6) is 5.75 Å². The number of rotatable bonds is 7. The third kappa shape index (κ3) is 6.22. The summed E-state index contributed by atoms with van der Waals surface area (Å²) in [5.41, 5.74) is 0.143. The standard InChI is InChI=1S/C15H24BrNO3/c1-11(18)8-17(4)9-12-6-5-7-13(16)14(12)20-10-15(2,3)19/h5-7,11,18-19H,8-10H2,1-4H3. The van der Waals surface area contributed by atoms with E-state index in [1.54, 1.807) is 20.8 Å². The fourth-order valence-corrected chi connectivity index (χ4v) is 2.42. The lowest BCUT2D eigenvalue weighted by Gasteiger charge is -2.23. The van der Waals surface area contributed by atoms with Crippen LogP contribution in [-0.4, -0.2) is 47.0 Å². The molecule has 0 heterocycles. The van der Waals surface area contributed by atoms with Gasteiger partial charge in [-0.3, -0.25) is 4.90 Å². The highest BCUT2D eigenvalue weighted by molar-refractivity contribution is 9.10. The molecule has 1 atom stereocenters. The zero-order chi connectivity index (χ0) is 15.3. The summed E-state index contributed by atoms with van der Waals surface area (Å²) in [6, 6.07) is 5.85. The van der Waals surface area contributed by atoms with Crippen LogP contribution in [-0.2, 0) is 6.54 Å². The molecule has 0 saturated heterocycles. The van der Waals surface area contributed by atoms with Crippen molar-refractivity contribution in [3.05, 3.63) is 28.2 Å². The molecule has 0 aliphatic rings. The Morgan fingerprint density at radius 1 is 1.40 bits per heavy atom. The average molecular weight is 346 g/mol. The third-order valence-electron chi connectivity index (χ3n) is 2.63. The van der Waals surface area contributed by atoms with Crippen molar-refractivity contribution in [2.24, 2.45) is 0 Å². The minimum Gasteiger partial charge on any atom is -0.489 e. The Hall–Kier alpha value is -0.620. The first-order valence-corrected chi connectivity index (χ1v) is 7.47. The van der Waals surface area contributed by atoms with Crippen LogP contribution < -0.4 is 4.74 Å². The first-order valence-electron chi connectivity index (χ1n) is 6.68. The molecule has 0 aliphatic carbocycles. The molecule has 1 unspecified atom stereocenters. The second kappa shape index (κ2) is 7.41. The Morgan fingerprint density at radius 3 is 2.60 bits per heavy atom. The fourth-order valence-electron chi connectivity index (χ4n) is 1.89. The second-order valence-corrected chi connectivity index (χ2v) is 6.73. The van der Waals surface area contributed by atoms with Gasteiger partial charge in [0.1, 0.15) is 12.4 Å². The highest BCUT2D eigenvalue weighted by Gasteiger charge is 2.17. The molecule has 0 radical (unpaired) electrons. The molecule has 20 heavy (non-hydrogen) atoms. The summed E-state index contributed by atoms with van der Waals surface area (Å²) in [4.78, 5) is 2.03. The van der Waals surface area contributed by atoms with Crippen LogP contribution in [0.2, 0.25) is 0 Å². The number of aliphatic hydroxyl groups excluding tert-OH is 1. The van der Waals surface area contributed by atoms with Crippen molar-refractivity contribution >= 4 is 15.9 Å². The van der Waals surface area contributed by atoms with E-state index in [4.69, 9.17) is 4.74 Å². The van der Waals surface area contributed by atoms with Gasteiger partial charge in [-0.15, -0.1) is 0 Å². The van der Waals surface area contributed by atoms with Crippen molar-refractivity contribution in [2.75, 3.05) is 20.2 Å². The van der Waals surface area contributed by atoms with E-state index >= 15 is 0 Å². The number of hydrogen-bond donors (Lipinski definition) is 2. The Balaban J connectivity index is 2.82. The van der Waals surface area contributed by atoms with Crippen LogP contribution in [0.25, 0.3) is 0 Å². The zero-order valence-corrected chi connectivity index (χ0v) is 14.1. The van der Waals surface area contributed by atoms with Crippen molar-refractivity contribution in [3.63, 3.8) is 0 Å². The summed E-state index contributed by atoms with van der Waals surface area (Å²) in [7, 11) is 1.95. The van der Waals surface area contributed by atoms with E-state index in [0.717, 1.165) is 15.8 Å². The number of para-hydroxylation sites is 1. The van der Waals surface area contributed by atoms with Crippen LogP contribution in [0, 0.1) is 0 Å². The summed E-state index contributed by atoms with van der Waals surface area (Å²) >= 11 is 3.48. The molecule has 0 amide bonds. The Labute approximate surface area is 129 Å². The molecule has 1 rings (SSSR count). The number of likely N-dealkylation sites (N-methyl/N-ethyl adjacent to an activating group) is 1. The van der Waals surface area contributed by atoms with Gasteiger partial charge in [0, 0.05) is 18.7 Å². The summed E-state index contributed by atoms with van der Waals surface area (Å²) in [6.07, 6.45) is -0.368. The van der Waals surface area contributed by atoms with Crippen LogP contribution >= 0.6 is 15.9 Å². The second-order valence-electron chi connectivity index (χ2n) is 5.87. The SMILES string of the molecule is CC(O)CN(C)Cc1cccc(Br)c1OCC(C)(C)O. The lowest BCUT2D eigenvalue weighted by Crippen LogP contribution is -2.29. The first kappa shape index (κ1) is 17.4. The predicted octanol–water partition coefficient (Wildman–Crippen LogP) is 2.41. The molecule has 4 nitrogen and oxygen atoms in total. The molecule has 5 heteroatoms. The van der Waals surface area contributed by atoms with E-state index in [9.17, 15) is 10.2 Å². The third-order valence-corrected chi connectivity index (χ3v) is 3.26. The van der Waals surface area contributed by atoms with Crippen LogP contribution in [0.1, 0.15) is 26.3 Å². The van der Waals surface area contributed by atoms with Gasteiger partial charge < -0.3 is 14.9 Å². The Kier molecular flexibility index (Phi) is 6.45. The van der Waals surface area contributed by atoms with Gasteiger partial charge in [0.15, 0.2) is 0 Å². The van der Waals surface area contributed by atoms with Crippen molar-refractivity contribution in [1.29, 1.82) is 0 Å². The summed E-state index contributed by atoms with van der Waals surface area (Å²) in [6.45, 7) is 6.68. The lowest BCUT2D eigenvalue weighted by atomic mass is 10.1. The minimum absolute atomic E-state index is 0.225. The van der Waals surface area contributed by atoms with Gasteiger partial charge >= 0.3 is 0 Å². The topological polar surface area (TPSA) is 52.9 Å². The van der Waals surface area contributed by atoms with Gasteiger partial charge in [-0.1, -0.05) is 12.1 Å². The monoisotopic (exact) mass is 345 g/mol. The molecule has 0 aliphatic heterocycles. The number of hydrogen-bond acceptors (Lipinski definition) is 4. The summed E-state index contributed by atoms with van der Waals surface area (Å²) in [5, 5.41) is 19.2. The molecule has 2 N–H and O–H groups in total. The highest BCUT2D eigenvalue weighted by Crippen LogP contribution is 2.30. The van der Waals surface area contributed by atoms with Crippen molar-refractivity contribution in [2.45, 2.75) is 39.0 Å². The maximum absolute atomic E-state index is 9.78. The molecule has 0 bridgehead atoms. The average Bonchev–Trinajstić information content (AvgIpc) is 2.25. The predicted molar refractivity (Wildman–Crippen MR) is 83.9 cm³/mol. The first-order chi connectivity index (χ1) is 9.19. The smallest absolute Gasteiger partial charge is 0.138 e. The van der Waals surface area contributed by atoms with Crippen LogP contribution in [0.4, 0.5) is 0 Å². The van der Waals surface area contributed by atoms with E-state index < -0.39 is 5.60 Å². The van der Waals surface area contributed by atoms with E-state index in [0.29, 0.717) is 13.1 Å². The number of ether oxygens (including phenoxy) is 1. The quantitative estimate of drug-likeness (QED) is 0.796. The Bertz CT molecular complexity index is 430. The largest absolute Gasteiger partial charge is 0.489 e. The normalized spacial score (nSPS) is 13.6. The van der Waals surface area contributed by atoms with E-state index in [-0.39, 0.29) is 12.7 Å². The van der Waals surface area contributed by atoms with E-state index in [2.05, 4.69) is 15.9 Å². The molecular formula is C15H24BrNO3. The van der Waals surface area contributed by atoms with Crippen LogP contribution in [0.3, 0.4) is 0 Å². The van der Waals surface area contributed by atoms with Crippen molar-refractivity contribution in [1.82, 2.24) is 4.90 Å². The van der Waals surface area contributed by atoms with E-state index in [1.165, 1.54) is 0 Å². The number of halogens is 1. The number of aliphatic hydroxyl groups is 2. The zero-order valence-electron chi connectivity index (χ0n) is 12.6. The summed E-state index contributed by atoms with van der Waals surface area (Å²) < 4.78 is 6.62. The minimum atomic E-state index is -0.877. The maximum atomic E-state index is 9.78.